The zero-order chi connectivity index (χ0) is 18.0. The monoisotopic (exact) mass is 357 g/mol. The number of rotatable bonds is 5. The number of pyridine rings is 1. The zero-order valence-electron chi connectivity index (χ0n) is 14.5. The SMILES string of the molecule is COC(C)c1nc(C(=O)Nc2ccc(-n3cnc(C)c3C)nc2)cs1. The summed E-state index contributed by atoms with van der Waals surface area (Å²) in [6, 6.07) is 3.64. The molecule has 0 aliphatic rings. The number of anilines is 1. The number of nitrogens with one attached hydrogen (secondary N) is 1. The Kier molecular flexibility index (Phi) is 4.91. The number of ether oxygens (including phenoxy) is 1. The van der Waals surface area contributed by atoms with E-state index in [1.165, 1.54) is 11.3 Å². The van der Waals surface area contributed by atoms with Gasteiger partial charge in [0.25, 0.3) is 5.91 Å². The van der Waals surface area contributed by atoms with Crippen LogP contribution in [0.3, 0.4) is 0 Å². The minimum absolute atomic E-state index is 0.130. The molecule has 0 saturated carbocycles. The van der Waals surface area contributed by atoms with E-state index >= 15 is 0 Å². The lowest BCUT2D eigenvalue weighted by molar-refractivity contribution is 0.101. The molecule has 0 saturated heterocycles. The smallest absolute Gasteiger partial charge is 0.275 e. The topological polar surface area (TPSA) is 81.9 Å². The minimum atomic E-state index is -0.269. The van der Waals surface area contributed by atoms with E-state index in [-0.39, 0.29) is 12.0 Å². The van der Waals surface area contributed by atoms with Gasteiger partial charge in [0.1, 0.15) is 29.0 Å². The lowest BCUT2D eigenvalue weighted by Crippen LogP contribution is -2.13. The number of imidazole rings is 1. The molecule has 0 fully saturated rings. The molecule has 0 radical (unpaired) electrons. The summed E-state index contributed by atoms with van der Waals surface area (Å²) in [5.41, 5.74) is 2.97. The summed E-state index contributed by atoms with van der Waals surface area (Å²) in [6.07, 6.45) is 3.22. The predicted octanol–water partition coefficient (Wildman–Crippen LogP) is 3.30. The average Bonchev–Trinajstić information content (AvgIpc) is 3.23. The fourth-order valence-corrected chi connectivity index (χ4v) is 3.04. The molecule has 3 aromatic heterocycles. The molecule has 1 N–H and O–H groups in total. The molecule has 0 aliphatic carbocycles. The molecular formula is C17H19N5O2S. The quantitative estimate of drug-likeness (QED) is 0.758. The summed E-state index contributed by atoms with van der Waals surface area (Å²) in [5, 5.41) is 5.30. The van der Waals surface area contributed by atoms with Crippen LogP contribution in [0.4, 0.5) is 5.69 Å². The Morgan fingerprint density at radius 2 is 2.12 bits per heavy atom. The van der Waals surface area contributed by atoms with Crippen molar-refractivity contribution in [1.29, 1.82) is 0 Å². The first-order valence-corrected chi connectivity index (χ1v) is 8.64. The summed E-state index contributed by atoms with van der Waals surface area (Å²) in [4.78, 5) is 25.3. The first-order valence-electron chi connectivity index (χ1n) is 7.76. The molecule has 0 spiro atoms. The van der Waals surface area contributed by atoms with E-state index in [4.69, 9.17) is 4.74 Å². The van der Waals surface area contributed by atoms with Crippen LogP contribution in [0.2, 0.25) is 0 Å². The Morgan fingerprint density at radius 1 is 1.32 bits per heavy atom. The van der Waals surface area contributed by atoms with Crippen molar-refractivity contribution in [3.05, 3.63) is 52.1 Å². The zero-order valence-corrected chi connectivity index (χ0v) is 15.3. The van der Waals surface area contributed by atoms with E-state index in [0.717, 1.165) is 22.2 Å². The maximum absolute atomic E-state index is 12.3. The molecule has 0 aromatic carbocycles. The predicted molar refractivity (Wildman–Crippen MR) is 96.3 cm³/mol. The van der Waals surface area contributed by atoms with Crippen molar-refractivity contribution in [2.24, 2.45) is 0 Å². The molecule has 3 heterocycles. The summed E-state index contributed by atoms with van der Waals surface area (Å²) >= 11 is 1.40. The number of carbonyl (C=O) groups excluding carboxylic acids is 1. The normalized spacial score (nSPS) is 12.2. The third-order valence-corrected chi connectivity index (χ3v) is 4.97. The van der Waals surface area contributed by atoms with Crippen LogP contribution in [-0.2, 0) is 4.74 Å². The Balaban J connectivity index is 1.72. The molecule has 3 rings (SSSR count). The lowest BCUT2D eigenvalue weighted by Gasteiger charge is -2.07. The van der Waals surface area contributed by atoms with Crippen LogP contribution in [0.1, 0.15) is 39.9 Å². The number of hydrogen-bond donors (Lipinski definition) is 1. The van der Waals surface area contributed by atoms with Crippen molar-refractivity contribution in [2.45, 2.75) is 26.9 Å². The highest BCUT2D eigenvalue weighted by Gasteiger charge is 2.15. The van der Waals surface area contributed by atoms with Gasteiger partial charge < -0.3 is 10.1 Å². The van der Waals surface area contributed by atoms with E-state index in [1.807, 2.05) is 31.4 Å². The molecule has 7 nitrogen and oxygen atoms in total. The van der Waals surface area contributed by atoms with Gasteiger partial charge in [-0.25, -0.2) is 15.0 Å². The molecule has 1 atom stereocenters. The number of hydrogen-bond acceptors (Lipinski definition) is 6. The van der Waals surface area contributed by atoms with Crippen molar-refractivity contribution in [3.8, 4) is 5.82 Å². The van der Waals surface area contributed by atoms with Gasteiger partial charge in [-0.3, -0.25) is 9.36 Å². The number of thiazole rings is 1. The summed E-state index contributed by atoms with van der Waals surface area (Å²) in [7, 11) is 1.61. The highest BCUT2D eigenvalue weighted by Crippen LogP contribution is 2.21. The van der Waals surface area contributed by atoms with Crippen LogP contribution in [0, 0.1) is 13.8 Å². The number of nitrogens with zero attached hydrogens (tertiary/aromatic N) is 4. The van der Waals surface area contributed by atoms with Gasteiger partial charge in [0.2, 0.25) is 0 Å². The molecule has 0 aliphatic heterocycles. The molecular weight excluding hydrogens is 338 g/mol. The number of carbonyl (C=O) groups is 1. The molecule has 130 valence electrons. The van der Waals surface area contributed by atoms with Gasteiger partial charge in [0.05, 0.1) is 17.6 Å². The van der Waals surface area contributed by atoms with Crippen molar-refractivity contribution in [1.82, 2.24) is 19.5 Å². The number of amides is 1. The van der Waals surface area contributed by atoms with Crippen LogP contribution in [0.25, 0.3) is 5.82 Å². The molecule has 0 bridgehead atoms. The molecule has 25 heavy (non-hydrogen) atoms. The van der Waals surface area contributed by atoms with Crippen LogP contribution < -0.4 is 5.32 Å². The Bertz CT molecular complexity index is 885. The van der Waals surface area contributed by atoms with Crippen molar-refractivity contribution in [2.75, 3.05) is 12.4 Å². The highest BCUT2D eigenvalue weighted by molar-refractivity contribution is 7.09. The fourth-order valence-electron chi connectivity index (χ4n) is 2.21. The van der Waals surface area contributed by atoms with Gasteiger partial charge in [0, 0.05) is 18.2 Å². The summed E-state index contributed by atoms with van der Waals surface area (Å²) < 4.78 is 7.12. The van der Waals surface area contributed by atoms with E-state index < -0.39 is 0 Å². The first-order chi connectivity index (χ1) is 12.0. The van der Waals surface area contributed by atoms with Gasteiger partial charge in [-0.05, 0) is 32.9 Å². The van der Waals surface area contributed by atoms with E-state index in [9.17, 15) is 4.79 Å². The van der Waals surface area contributed by atoms with Crippen LogP contribution >= 0.6 is 11.3 Å². The first kappa shape index (κ1) is 17.2. The maximum atomic E-state index is 12.3. The van der Waals surface area contributed by atoms with Crippen molar-refractivity contribution < 1.29 is 9.53 Å². The second-order valence-corrected chi connectivity index (χ2v) is 6.48. The van der Waals surface area contributed by atoms with Crippen LogP contribution in [0.5, 0.6) is 0 Å². The van der Waals surface area contributed by atoms with Gasteiger partial charge in [0.15, 0.2) is 0 Å². The van der Waals surface area contributed by atoms with Gasteiger partial charge in [-0.2, -0.15) is 0 Å². The summed E-state index contributed by atoms with van der Waals surface area (Å²) in [5.74, 6) is 0.482. The molecule has 1 amide bonds. The van der Waals surface area contributed by atoms with Crippen molar-refractivity contribution in [3.63, 3.8) is 0 Å². The third kappa shape index (κ3) is 3.59. The Labute approximate surface area is 149 Å². The lowest BCUT2D eigenvalue weighted by atomic mass is 10.3. The van der Waals surface area contributed by atoms with E-state index in [1.54, 1.807) is 31.1 Å². The van der Waals surface area contributed by atoms with Crippen molar-refractivity contribution >= 4 is 22.9 Å². The molecule has 1 unspecified atom stereocenters. The van der Waals surface area contributed by atoms with Gasteiger partial charge in [-0.1, -0.05) is 0 Å². The molecule has 3 aromatic rings. The molecule has 8 heteroatoms. The second kappa shape index (κ2) is 7.12. The second-order valence-electron chi connectivity index (χ2n) is 5.59. The number of aromatic nitrogens is 4. The maximum Gasteiger partial charge on any atom is 0.275 e. The largest absolute Gasteiger partial charge is 0.375 e. The summed E-state index contributed by atoms with van der Waals surface area (Å²) in [6.45, 7) is 5.83. The number of methoxy groups -OCH3 is 1. The van der Waals surface area contributed by atoms with E-state index in [2.05, 4.69) is 20.3 Å². The Morgan fingerprint density at radius 3 is 2.72 bits per heavy atom. The van der Waals surface area contributed by atoms with Crippen LogP contribution in [-0.4, -0.2) is 32.5 Å². The van der Waals surface area contributed by atoms with Gasteiger partial charge >= 0.3 is 0 Å². The minimum Gasteiger partial charge on any atom is -0.375 e. The highest BCUT2D eigenvalue weighted by atomic mass is 32.1. The van der Waals surface area contributed by atoms with Crippen LogP contribution in [0.15, 0.2) is 30.0 Å². The third-order valence-electron chi connectivity index (χ3n) is 3.96. The van der Waals surface area contributed by atoms with E-state index in [0.29, 0.717) is 11.4 Å². The average molecular weight is 357 g/mol. The Hall–Kier alpha value is -2.58. The van der Waals surface area contributed by atoms with Gasteiger partial charge in [-0.15, -0.1) is 11.3 Å². The fraction of sp³-hybridized carbons (Fsp3) is 0.294. The number of aryl methyl sites for hydroxylation is 1. The standard InChI is InChI=1S/C17H19N5O2S/c1-10-11(2)22(9-19-10)15-6-5-13(7-18-15)20-16(23)14-8-25-17(21-14)12(3)24-4/h5-9,12H,1-4H3,(H,20,23).